The quantitative estimate of drug-likeness (QED) is 0.775. The second-order valence-electron chi connectivity index (χ2n) is 6.24. The minimum absolute atomic E-state index is 0.253. The molecule has 2 nitrogen and oxygen atoms in total. The van der Waals surface area contributed by atoms with Crippen molar-refractivity contribution in [2.24, 2.45) is 0 Å². The first-order chi connectivity index (χ1) is 10.7. The highest BCUT2D eigenvalue weighted by Crippen LogP contribution is 2.26. The molecule has 0 radical (unpaired) electrons. The van der Waals surface area contributed by atoms with E-state index in [1.54, 1.807) is 0 Å². The molecule has 1 aliphatic heterocycles. The van der Waals surface area contributed by atoms with Crippen LogP contribution in [0.2, 0.25) is 0 Å². The van der Waals surface area contributed by atoms with Gasteiger partial charge in [-0.25, -0.2) is 0 Å². The van der Waals surface area contributed by atoms with Crippen LogP contribution >= 0.6 is 0 Å². The first-order valence-electron chi connectivity index (χ1n) is 8.09. The highest BCUT2D eigenvalue weighted by atomic mass is 16.1. The van der Waals surface area contributed by atoms with Crippen LogP contribution in [0.1, 0.15) is 40.2 Å². The zero-order valence-electron chi connectivity index (χ0n) is 13.2. The smallest absolute Gasteiger partial charge is 0.164 e. The molecule has 0 unspecified atom stereocenters. The number of carbonyl (C=O) groups excluding carboxylic acids is 1. The molecule has 0 N–H and O–H groups in total. The summed E-state index contributed by atoms with van der Waals surface area (Å²) in [4.78, 5) is 14.7. The van der Waals surface area contributed by atoms with Gasteiger partial charge in [0.05, 0.1) is 0 Å². The molecular weight excluding hydrogens is 270 g/mol. The number of aryl methyl sites for hydroxylation is 1. The minimum atomic E-state index is 0.253. The maximum Gasteiger partial charge on any atom is 0.164 e. The molecular formula is C20H23NO. The summed E-state index contributed by atoms with van der Waals surface area (Å²) in [5.41, 5.74) is 3.46. The van der Waals surface area contributed by atoms with E-state index in [1.807, 2.05) is 31.2 Å². The van der Waals surface area contributed by atoms with Crippen molar-refractivity contribution in [1.82, 2.24) is 4.90 Å². The summed E-state index contributed by atoms with van der Waals surface area (Å²) in [7, 11) is 0. The van der Waals surface area contributed by atoms with E-state index in [4.69, 9.17) is 0 Å². The maximum atomic E-state index is 12.2. The van der Waals surface area contributed by atoms with Gasteiger partial charge in [-0.15, -0.1) is 0 Å². The van der Waals surface area contributed by atoms with Crippen LogP contribution < -0.4 is 0 Å². The third kappa shape index (κ3) is 3.63. The van der Waals surface area contributed by atoms with Gasteiger partial charge in [0, 0.05) is 25.1 Å². The molecule has 0 bridgehead atoms. The summed E-state index contributed by atoms with van der Waals surface area (Å²) in [5.74, 6) is 0.874. The lowest BCUT2D eigenvalue weighted by Gasteiger charge is -2.15. The van der Waals surface area contributed by atoms with Gasteiger partial charge in [-0.3, -0.25) is 4.79 Å². The highest BCUT2D eigenvalue weighted by molar-refractivity contribution is 5.96. The zero-order valence-corrected chi connectivity index (χ0v) is 13.2. The van der Waals surface area contributed by atoms with Gasteiger partial charge in [0.2, 0.25) is 0 Å². The van der Waals surface area contributed by atoms with Gasteiger partial charge in [0.25, 0.3) is 0 Å². The van der Waals surface area contributed by atoms with Crippen molar-refractivity contribution in [3.63, 3.8) is 0 Å². The van der Waals surface area contributed by atoms with E-state index < -0.39 is 0 Å². The van der Waals surface area contributed by atoms with Crippen LogP contribution in [-0.4, -0.2) is 30.3 Å². The summed E-state index contributed by atoms with van der Waals surface area (Å²) < 4.78 is 0. The summed E-state index contributed by atoms with van der Waals surface area (Å²) in [6, 6.07) is 18.6. The molecule has 2 aromatic rings. The van der Waals surface area contributed by atoms with Crippen LogP contribution in [0, 0.1) is 6.92 Å². The van der Waals surface area contributed by atoms with Crippen molar-refractivity contribution >= 4 is 5.78 Å². The fourth-order valence-electron chi connectivity index (χ4n) is 3.18. The van der Waals surface area contributed by atoms with E-state index in [0.717, 1.165) is 25.2 Å². The van der Waals surface area contributed by atoms with Gasteiger partial charge in [-0.1, -0.05) is 60.2 Å². The largest absolute Gasteiger partial charge is 0.302 e. The second kappa shape index (κ2) is 6.89. The number of rotatable bonds is 5. The normalized spacial score (nSPS) is 18.5. The molecule has 1 saturated heterocycles. The standard InChI is InChI=1S/C20H23NO/c1-16-7-9-18(10-8-16)20(22)12-14-21-13-11-19(15-21)17-5-3-2-4-6-17/h2-10,19H,11-15H2,1H3/t19-/m0/s1. The van der Waals surface area contributed by atoms with Crippen LogP contribution in [0.3, 0.4) is 0 Å². The molecule has 1 fully saturated rings. The molecule has 0 saturated carbocycles. The molecule has 0 aromatic heterocycles. The Balaban J connectivity index is 1.50. The minimum Gasteiger partial charge on any atom is -0.302 e. The van der Waals surface area contributed by atoms with E-state index in [2.05, 4.69) is 35.2 Å². The van der Waals surface area contributed by atoms with E-state index >= 15 is 0 Å². The van der Waals surface area contributed by atoms with E-state index in [9.17, 15) is 4.79 Å². The number of ketones is 1. The van der Waals surface area contributed by atoms with Gasteiger partial charge < -0.3 is 4.90 Å². The molecule has 2 heteroatoms. The lowest BCUT2D eigenvalue weighted by molar-refractivity contribution is 0.0968. The molecule has 0 spiro atoms. The molecule has 3 rings (SSSR count). The second-order valence-corrected chi connectivity index (χ2v) is 6.24. The first kappa shape index (κ1) is 15.0. The third-order valence-corrected chi connectivity index (χ3v) is 4.57. The van der Waals surface area contributed by atoms with Crippen LogP contribution in [0.25, 0.3) is 0 Å². The van der Waals surface area contributed by atoms with Crippen LogP contribution in [0.15, 0.2) is 54.6 Å². The van der Waals surface area contributed by atoms with Crippen molar-refractivity contribution in [2.75, 3.05) is 19.6 Å². The van der Waals surface area contributed by atoms with Crippen molar-refractivity contribution in [1.29, 1.82) is 0 Å². The van der Waals surface area contributed by atoms with Gasteiger partial charge in [0.1, 0.15) is 0 Å². The maximum absolute atomic E-state index is 12.2. The number of carbonyl (C=O) groups is 1. The fraction of sp³-hybridized carbons (Fsp3) is 0.350. The van der Waals surface area contributed by atoms with Gasteiger partial charge in [-0.2, -0.15) is 0 Å². The first-order valence-corrected chi connectivity index (χ1v) is 8.09. The Labute approximate surface area is 132 Å². The zero-order chi connectivity index (χ0) is 15.4. The average molecular weight is 293 g/mol. The molecule has 2 aromatic carbocycles. The number of benzene rings is 2. The number of hydrogen-bond donors (Lipinski definition) is 0. The van der Waals surface area contributed by atoms with E-state index in [0.29, 0.717) is 12.3 Å². The third-order valence-electron chi connectivity index (χ3n) is 4.57. The molecule has 0 amide bonds. The Morgan fingerprint density at radius 2 is 1.82 bits per heavy atom. The van der Waals surface area contributed by atoms with E-state index in [-0.39, 0.29) is 5.78 Å². The molecule has 1 heterocycles. The number of hydrogen-bond acceptors (Lipinski definition) is 2. The summed E-state index contributed by atoms with van der Waals surface area (Å²) in [5, 5.41) is 0. The highest BCUT2D eigenvalue weighted by Gasteiger charge is 2.23. The van der Waals surface area contributed by atoms with Gasteiger partial charge >= 0.3 is 0 Å². The van der Waals surface area contributed by atoms with Gasteiger partial charge in [0.15, 0.2) is 5.78 Å². The lowest BCUT2D eigenvalue weighted by atomic mass is 9.99. The van der Waals surface area contributed by atoms with Crippen LogP contribution in [-0.2, 0) is 0 Å². The topological polar surface area (TPSA) is 20.3 Å². The SMILES string of the molecule is Cc1ccc(C(=O)CCN2CC[C@H](c3ccccc3)C2)cc1. The van der Waals surface area contributed by atoms with Crippen molar-refractivity contribution in [3.05, 3.63) is 71.3 Å². The summed E-state index contributed by atoms with van der Waals surface area (Å²) >= 11 is 0. The van der Waals surface area contributed by atoms with E-state index in [1.165, 1.54) is 17.5 Å². The molecule has 114 valence electrons. The molecule has 0 aliphatic carbocycles. The Kier molecular flexibility index (Phi) is 4.69. The van der Waals surface area contributed by atoms with Crippen LogP contribution in [0.5, 0.6) is 0 Å². The molecule has 1 atom stereocenters. The van der Waals surface area contributed by atoms with Crippen molar-refractivity contribution < 1.29 is 4.79 Å². The Hall–Kier alpha value is -1.93. The average Bonchev–Trinajstić information content (AvgIpc) is 3.03. The van der Waals surface area contributed by atoms with Crippen molar-refractivity contribution in [3.8, 4) is 0 Å². The predicted molar refractivity (Wildman–Crippen MR) is 90.4 cm³/mol. The molecule has 1 aliphatic rings. The van der Waals surface area contributed by atoms with Crippen LogP contribution in [0.4, 0.5) is 0 Å². The Bertz CT molecular complexity index is 618. The number of nitrogens with zero attached hydrogens (tertiary/aromatic N) is 1. The summed E-state index contributed by atoms with van der Waals surface area (Å²) in [6.07, 6.45) is 1.81. The fourth-order valence-corrected chi connectivity index (χ4v) is 3.18. The molecule has 22 heavy (non-hydrogen) atoms. The predicted octanol–water partition coefficient (Wildman–Crippen LogP) is 4.06. The lowest BCUT2D eigenvalue weighted by Crippen LogP contribution is -2.23. The summed E-state index contributed by atoms with van der Waals surface area (Å²) in [6.45, 7) is 5.09. The number of Topliss-reactive ketones (excluding diaryl/α,β-unsaturated/α-hetero) is 1. The van der Waals surface area contributed by atoms with Gasteiger partial charge in [-0.05, 0) is 31.4 Å². The monoisotopic (exact) mass is 293 g/mol. The van der Waals surface area contributed by atoms with Crippen molar-refractivity contribution in [2.45, 2.75) is 25.7 Å². The number of likely N-dealkylation sites (tertiary alicyclic amines) is 1. The Morgan fingerprint density at radius 3 is 2.55 bits per heavy atom. The Morgan fingerprint density at radius 1 is 1.09 bits per heavy atom.